The van der Waals surface area contributed by atoms with E-state index in [0.717, 1.165) is 4.90 Å². The topological polar surface area (TPSA) is 105 Å². The molecular formula is C19H21N3O6. The largest absolute Gasteiger partial charge is 0.494 e. The van der Waals surface area contributed by atoms with Gasteiger partial charge in [0.1, 0.15) is 17.8 Å². The molecule has 0 aromatic heterocycles. The van der Waals surface area contributed by atoms with Gasteiger partial charge < -0.3 is 14.8 Å². The highest BCUT2D eigenvalue weighted by Gasteiger charge is 2.66. The lowest BCUT2D eigenvalue weighted by Crippen LogP contribution is -2.58. The van der Waals surface area contributed by atoms with Crippen LogP contribution in [0.5, 0.6) is 5.75 Å². The van der Waals surface area contributed by atoms with Crippen molar-refractivity contribution in [2.45, 2.75) is 19.0 Å². The summed E-state index contributed by atoms with van der Waals surface area (Å²) in [6.07, 6.45) is 0. The van der Waals surface area contributed by atoms with Crippen LogP contribution in [0.4, 0.5) is 5.69 Å². The molecule has 1 aromatic carbocycles. The van der Waals surface area contributed by atoms with Crippen LogP contribution in [0.1, 0.15) is 6.92 Å². The van der Waals surface area contributed by atoms with Crippen LogP contribution in [0.2, 0.25) is 0 Å². The van der Waals surface area contributed by atoms with E-state index in [9.17, 15) is 19.2 Å². The molecule has 4 atom stereocenters. The third kappa shape index (κ3) is 2.57. The Labute approximate surface area is 161 Å². The van der Waals surface area contributed by atoms with E-state index in [-0.39, 0.29) is 5.91 Å². The molecule has 3 fully saturated rings. The number of benzene rings is 1. The molecule has 0 spiro atoms. The molecule has 28 heavy (non-hydrogen) atoms. The Hall–Kier alpha value is -2.94. The number of nitrogens with one attached hydrogen (secondary N) is 1. The first-order chi connectivity index (χ1) is 13.5. The van der Waals surface area contributed by atoms with Crippen LogP contribution in [0.15, 0.2) is 24.3 Å². The minimum Gasteiger partial charge on any atom is -0.494 e. The van der Waals surface area contributed by atoms with Gasteiger partial charge in [0.2, 0.25) is 11.8 Å². The summed E-state index contributed by atoms with van der Waals surface area (Å²) in [7, 11) is 1.21. The molecule has 1 N–H and O–H groups in total. The Balaban J connectivity index is 1.71. The Morgan fingerprint density at radius 3 is 2.50 bits per heavy atom. The average Bonchev–Trinajstić information content (AvgIpc) is 3.17. The van der Waals surface area contributed by atoms with E-state index >= 15 is 0 Å². The van der Waals surface area contributed by atoms with Crippen molar-refractivity contribution in [3.63, 3.8) is 0 Å². The van der Waals surface area contributed by atoms with Crippen LogP contribution < -0.4 is 15.0 Å². The van der Waals surface area contributed by atoms with Crippen molar-refractivity contribution in [1.82, 2.24) is 10.2 Å². The van der Waals surface area contributed by atoms with Crippen molar-refractivity contribution < 1.29 is 28.7 Å². The molecule has 9 heteroatoms. The first kappa shape index (κ1) is 18.4. The number of carbonyl (C=O) groups is 4. The van der Waals surface area contributed by atoms with E-state index in [1.807, 2.05) is 6.92 Å². The number of esters is 1. The summed E-state index contributed by atoms with van der Waals surface area (Å²) in [5.74, 6) is -3.26. The predicted molar refractivity (Wildman–Crippen MR) is 96.4 cm³/mol. The summed E-state index contributed by atoms with van der Waals surface area (Å²) in [5, 5.41) is 2.70. The van der Waals surface area contributed by atoms with Crippen LogP contribution in [0, 0.1) is 11.8 Å². The minimum atomic E-state index is -1.01. The van der Waals surface area contributed by atoms with E-state index in [1.54, 1.807) is 29.2 Å². The fourth-order valence-corrected chi connectivity index (χ4v) is 4.48. The molecule has 0 bridgehead atoms. The second-order valence-electron chi connectivity index (χ2n) is 6.93. The number of ether oxygens (including phenoxy) is 2. The maximum Gasteiger partial charge on any atom is 0.311 e. The predicted octanol–water partition coefficient (Wildman–Crippen LogP) is -0.453. The highest BCUT2D eigenvalue weighted by Crippen LogP contribution is 2.44. The molecule has 3 aliphatic heterocycles. The van der Waals surface area contributed by atoms with Crippen molar-refractivity contribution in [2.75, 3.05) is 31.7 Å². The third-order valence-corrected chi connectivity index (χ3v) is 5.58. The lowest BCUT2D eigenvalue weighted by Gasteiger charge is -2.34. The monoisotopic (exact) mass is 387 g/mol. The summed E-state index contributed by atoms with van der Waals surface area (Å²) in [5.41, 5.74) is 0.412. The second kappa shape index (κ2) is 6.90. The number of methoxy groups -OCH3 is 1. The molecule has 148 valence electrons. The summed E-state index contributed by atoms with van der Waals surface area (Å²) < 4.78 is 10.3. The molecule has 0 unspecified atom stereocenters. The smallest absolute Gasteiger partial charge is 0.311 e. The molecule has 3 saturated heterocycles. The van der Waals surface area contributed by atoms with Crippen molar-refractivity contribution in [1.29, 1.82) is 0 Å². The summed E-state index contributed by atoms with van der Waals surface area (Å²) in [4.78, 5) is 54.0. The van der Waals surface area contributed by atoms with Crippen LogP contribution in [0.3, 0.4) is 0 Å². The SMILES string of the molecule is CCOc1ccc(N2C(=O)[C@H]3[C@@H](C(=O)OC)[C@H]4C(=O)NCCN4[C@H]3C2=O)cc1. The molecule has 3 heterocycles. The molecule has 0 radical (unpaired) electrons. The molecular weight excluding hydrogens is 366 g/mol. The van der Waals surface area contributed by atoms with E-state index in [4.69, 9.17) is 9.47 Å². The summed E-state index contributed by atoms with van der Waals surface area (Å²) in [6.45, 7) is 3.11. The Morgan fingerprint density at radius 1 is 1.14 bits per heavy atom. The fraction of sp³-hybridized carbons (Fsp3) is 0.474. The number of rotatable bonds is 4. The number of carbonyl (C=O) groups excluding carboxylic acids is 4. The highest BCUT2D eigenvalue weighted by atomic mass is 16.5. The molecule has 1 aromatic rings. The van der Waals surface area contributed by atoms with Crippen molar-refractivity contribution in [3.05, 3.63) is 24.3 Å². The van der Waals surface area contributed by atoms with Crippen LogP contribution in [0.25, 0.3) is 0 Å². The molecule has 0 saturated carbocycles. The normalized spacial score (nSPS) is 29.4. The minimum absolute atomic E-state index is 0.357. The molecule has 3 amide bonds. The third-order valence-electron chi connectivity index (χ3n) is 5.58. The first-order valence-electron chi connectivity index (χ1n) is 9.21. The van der Waals surface area contributed by atoms with Gasteiger partial charge in [0.05, 0.1) is 31.2 Å². The molecule has 3 aliphatic rings. The summed E-state index contributed by atoms with van der Waals surface area (Å²) in [6, 6.07) is 4.92. The van der Waals surface area contributed by atoms with Gasteiger partial charge >= 0.3 is 5.97 Å². The number of imide groups is 1. The number of fused-ring (bicyclic) bond motifs is 3. The van der Waals surface area contributed by atoms with Gasteiger partial charge in [0.25, 0.3) is 5.91 Å². The van der Waals surface area contributed by atoms with Gasteiger partial charge in [-0.25, -0.2) is 4.90 Å². The van der Waals surface area contributed by atoms with Crippen LogP contribution >= 0.6 is 0 Å². The molecule has 0 aliphatic carbocycles. The molecule has 4 rings (SSSR count). The van der Waals surface area contributed by atoms with E-state index in [2.05, 4.69) is 5.32 Å². The number of hydrogen-bond donors (Lipinski definition) is 1. The Morgan fingerprint density at radius 2 is 1.86 bits per heavy atom. The number of amides is 3. The average molecular weight is 387 g/mol. The quantitative estimate of drug-likeness (QED) is 0.551. The van der Waals surface area contributed by atoms with Crippen molar-refractivity contribution in [3.8, 4) is 5.75 Å². The molecule has 9 nitrogen and oxygen atoms in total. The second-order valence-corrected chi connectivity index (χ2v) is 6.93. The highest BCUT2D eigenvalue weighted by molar-refractivity contribution is 6.25. The van der Waals surface area contributed by atoms with E-state index < -0.39 is 41.7 Å². The van der Waals surface area contributed by atoms with Gasteiger partial charge in [-0.2, -0.15) is 0 Å². The van der Waals surface area contributed by atoms with Crippen molar-refractivity contribution in [2.24, 2.45) is 11.8 Å². The van der Waals surface area contributed by atoms with Gasteiger partial charge in [-0.3, -0.25) is 24.1 Å². The van der Waals surface area contributed by atoms with Crippen LogP contribution in [-0.2, 0) is 23.9 Å². The van der Waals surface area contributed by atoms with Gasteiger partial charge in [-0.05, 0) is 31.2 Å². The zero-order valence-corrected chi connectivity index (χ0v) is 15.6. The lowest BCUT2D eigenvalue weighted by molar-refractivity contribution is -0.152. The van der Waals surface area contributed by atoms with Crippen LogP contribution in [-0.4, -0.2) is 67.5 Å². The first-order valence-corrected chi connectivity index (χ1v) is 9.21. The van der Waals surface area contributed by atoms with E-state index in [0.29, 0.717) is 31.1 Å². The number of hydrogen-bond acceptors (Lipinski definition) is 7. The standard InChI is InChI=1S/C19H21N3O6/c1-3-28-11-6-4-10(5-7-11)22-17(24)12-13(19(26)27-2)14-16(23)20-8-9-21(14)15(12)18(22)25/h4-7,12-15H,3,8-9H2,1-2H3,(H,20,23)/t12-,13+,14-,15+/m0/s1. The van der Waals surface area contributed by atoms with Crippen molar-refractivity contribution >= 4 is 29.4 Å². The zero-order valence-electron chi connectivity index (χ0n) is 15.6. The van der Waals surface area contributed by atoms with Gasteiger partial charge in [0.15, 0.2) is 0 Å². The summed E-state index contributed by atoms with van der Waals surface area (Å²) >= 11 is 0. The maximum atomic E-state index is 13.2. The van der Waals surface area contributed by atoms with Gasteiger partial charge in [-0.1, -0.05) is 0 Å². The number of nitrogens with zero attached hydrogens (tertiary/aromatic N) is 2. The lowest BCUT2D eigenvalue weighted by atomic mass is 9.87. The Bertz CT molecular complexity index is 839. The maximum absolute atomic E-state index is 13.2. The zero-order chi connectivity index (χ0) is 20.0. The number of anilines is 1. The van der Waals surface area contributed by atoms with E-state index in [1.165, 1.54) is 7.11 Å². The fourth-order valence-electron chi connectivity index (χ4n) is 4.48. The van der Waals surface area contributed by atoms with Gasteiger partial charge in [0, 0.05) is 13.1 Å². The number of piperazine rings is 1. The Kier molecular flexibility index (Phi) is 4.54. The van der Waals surface area contributed by atoms with Gasteiger partial charge in [-0.15, -0.1) is 0 Å².